The number of guanidine groups is 1. The Balaban J connectivity index is 0.00000364. The molecular formula is C20H28IN3O3. The van der Waals surface area contributed by atoms with Crippen molar-refractivity contribution < 1.29 is 14.2 Å². The number of methoxy groups -OCH3 is 2. The van der Waals surface area contributed by atoms with Gasteiger partial charge in [-0.2, -0.15) is 0 Å². The maximum absolute atomic E-state index is 6.01. The van der Waals surface area contributed by atoms with Gasteiger partial charge in [0, 0.05) is 37.5 Å². The number of benzene rings is 2. The van der Waals surface area contributed by atoms with Crippen LogP contribution in [0.15, 0.2) is 47.5 Å². The molecule has 148 valence electrons. The van der Waals surface area contributed by atoms with Crippen molar-refractivity contribution in [3.05, 3.63) is 53.6 Å². The maximum atomic E-state index is 6.01. The molecule has 0 atom stereocenters. The Bertz CT molecular complexity index is 738. The second-order valence-corrected chi connectivity index (χ2v) is 5.86. The fraction of sp³-hybridized carbons (Fsp3) is 0.350. The fourth-order valence-electron chi connectivity index (χ4n) is 2.37. The molecule has 7 heteroatoms. The molecule has 0 spiro atoms. The van der Waals surface area contributed by atoms with Crippen molar-refractivity contribution >= 4 is 35.6 Å². The van der Waals surface area contributed by atoms with Crippen molar-refractivity contribution in [1.82, 2.24) is 0 Å². The average molecular weight is 485 g/mol. The highest BCUT2D eigenvalue weighted by Crippen LogP contribution is 2.22. The van der Waals surface area contributed by atoms with E-state index in [9.17, 15) is 0 Å². The molecular weight excluding hydrogens is 457 g/mol. The summed E-state index contributed by atoms with van der Waals surface area (Å²) in [6.45, 7) is 3.75. The van der Waals surface area contributed by atoms with E-state index in [0.717, 1.165) is 34.7 Å². The predicted octanol–water partition coefficient (Wildman–Crippen LogP) is 3.96. The number of aliphatic imine (C=N–C) groups is 1. The second kappa shape index (κ2) is 12.4. The van der Waals surface area contributed by atoms with E-state index in [2.05, 4.69) is 10.3 Å². The van der Waals surface area contributed by atoms with Gasteiger partial charge in [0.05, 0.1) is 20.3 Å². The standard InChI is InChI=1S/C20H27N3O3.HI/c1-15-8-9-16(19(12-15)26-11-5-10-24-2)14-22-20(21)23-17-6-4-7-18(13-17)25-3;/h4,6-9,12-13H,5,10-11,14H2,1-3H3,(H3,21,22,23);1H. The number of nitrogens with two attached hydrogens (primary N) is 1. The summed E-state index contributed by atoms with van der Waals surface area (Å²) in [6, 6.07) is 13.6. The number of rotatable bonds is 9. The quantitative estimate of drug-likeness (QED) is 0.243. The van der Waals surface area contributed by atoms with Gasteiger partial charge in [-0.3, -0.25) is 0 Å². The summed E-state index contributed by atoms with van der Waals surface area (Å²) in [6.07, 6.45) is 0.840. The average Bonchev–Trinajstić information content (AvgIpc) is 2.64. The molecule has 2 rings (SSSR count). The van der Waals surface area contributed by atoms with Crippen LogP contribution in [0.25, 0.3) is 0 Å². The highest BCUT2D eigenvalue weighted by molar-refractivity contribution is 14.0. The van der Waals surface area contributed by atoms with Crippen LogP contribution in [-0.2, 0) is 11.3 Å². The highest BCUT2D eigenvalue weighted by atomic mass is 127. The molecule has 3 N–H and O–H groups in total. The summed E-state index contributed by atoms with van der Waals surface area (Å²) in [5.41, 5.74) is 8.96. The first-order chi connectivity index (χ1) is 12.6. The molecule has 0 aromatic heterocycles. The first-order valence-corrected chi connectivity index (χ1v) is 8.54. The van der Waals surface area contributed by atoms with Crippen LogP contribution >= 0.6 is 24.0 Å². The van der Waals surface area contributed by atoms with Crippen molar-refractivity contribution in [2.45, 2.75) is 19.9 Å². The van der Waals surface area contributed by atoms with Crippen LogP contribution in [0.5, 0.6) is 11.5 Å². The number of nitrogens with zero attached hydrogens (tertiary/aromatic N) is 1. The lowest BCUT2D eigenvalue weighted by Gasteiger charge is -2.12. The summed E-state index contributed by atoms with van der Waals surface area (Å²) in [5.74, 6) is 1.93. The van der Waals surface area contributed by atoms with Crippen molar-refractivity contribution in [3.8, 4) is 11.5 Å². The largest absolute Gasteiger partial charge is 0.497 e. The zero-order valence-electron chi connectivity index (χ0n) is 16.0. The van der Waals surface area contributed by atoms with Crippen molar-refractivity contribution in [2.75, 3.05) is 32.8 Å². The molecule has 0 bridgehead atoms. The minimum Gasteiger partial charge on any atom is -0.497 e. The third kappa shape index (κ3) is 8.04. The first-order valence-electron chi connectivity index (χ1n) is 8.54. The smallest absolute Gasteiger partial charge is 0.193 e. The van der Waals surface area contributed by atoms with Gasteiger partial charge in [0.25, 0.3) is 0 Å². The van der Waals surface area contributed by atoms with E-state index in [1.165, 1.54) is 0 Å². The number of hydrogen-bond donors (Lipinski definition) is 2. The molecule has 0 saturated carbocycles. The van der Waals surface area contributed by atoms with Gasteiger partial charge in [-0.05, 0) is 30.7 Å². The van der Waals surface area contributed by atoms with Gasteiger partial charge < -0.3 is 25.3 Å². The van der Waals surface area contributed by atoms with Crippen molar-refractivity contribution in [2.24, 2.45) is 10.7 Å². The van der Waals surface area contributed by atoms with Gasteiger partial charge in [0.2, 0.25) is 0 Å². The summed E-state index contributed by atoms with van der Waals surface area (Å²) in [4.78, 5) is 4.42. The molecule has 0 aliphatic heterocycles. The van der Waals surface area contributed by atoms with Gasteiger partial charge in [-0.1, -0.05) is 18.2 Å². The third-order valence-electron chi connectivity index (χ3n) is 3.73. The summed E-state index contributed by atoms with van der Waals surface area (Å²) >= 11 is 0. The molecule has 0 amide bonds. The summed E-state index contributed by atoms with van der Waals surface area (Å²) < 4.78 is 16.1. The zero-order chi connectivity index (χ0) is 18.8. The van der Waals surface area contributed by atoms with Crippen LogP contribution in [0.1, 0.15) is 17.5 Å². The van der Waals surface area contributed by atoms with E-state index >= 15 is 0 Å². The Hall–Kier alpha value is -2.00. The molecule has 2 aromatic rings. The molecule has 0 fully saturated rings. The number of aryl methyl sites for hydroxylation is 1. The number of ether oxygens (including phenoxy) is 3. The lowest BCUT2D eigenvalue weighted by molar-refractivity contribution is 0.172. The van der Waals surface area contributed by atoms with E-state index in [-0.39, 0.29) is 24.0 Å². The Morgan fingerprint density at radius 1 is 1.11 bits per heavy atom. The van der Waals surface area contributed by atoms with E-state index in [1.54, 1.807) is 14.2 Å². The number of halogens is 1. The van der Waals surface area contributed by atoms with Gasteiger partial charge in [0.1, 0.15) is 11.5 Å². The monoisotopic (exact) mass is 485 g/mol. The van der Waals surface area contributed by atoms with Gasteiger partial charge in [-0.15, -0.1) is 24.0 Å². The van der Waals surface area contributed by atoms with E-state index < -0.39 is 0 Å². The number of anilines is 1. The molecule has 2 aromatic carbocycles. The van der Waals surface area contributed by atoms with Gasteiger partial charge in [-0.25, -0.2) is 4.99 Å². The van der Waals surface area contributed by atoms with Crippen molar-refractivity contribution in [3.63, 3.8) is 0 Å². The van der Waals surface area contributed by atoms with E-state index in [0.29, 0.717) is 25.7 Å². The number of hydrogen-bond acceptors (Lipinski definition) is 4. The van der Waals surface area contributed by atoms with Crippen LogP contribution in [-0.4, -0.2) is 33.4 Å². The minimum atomic E-state index is 0. The fourth-order valence-corrected chi connectivity index (χ4v) is 2.37. The van der Waals surface area contributed by atoms with Crippen LogP contribution < -0.4 is 20.5 Å². The topological polar surface area (TPSA) is 78.1 Å². The van der Waals surface area contributed by atoms with E-state index in [4.69, 9.17) is 19.9 Å². The minimum absolute atomic E-state index is 0. The van der Waals surface area contributed by atoms with Crippen LogP contribution in [0.2, 0.25) is 0 Å². The molecule has 6 nitrogen and oxygen atoms in total. The Kier molecular flexibility index (Phi) is 10.6. The molecule has 0 aliphatic rings. The Morgan fingerprint density at radius 2 is 1.93 bits per heavy atom. The molecule has 0 radical (unpaired) electrons. The van der Waals surface area contributed by atoms with Gasteiger partial charge >= 0.3 is 0 Å². The molecule has 0 saturated heterocycles. The third-order valence-corrected chi connectivity index (χ3v) is 3.73. The molecule has 0 unspecified atom stereocenters. The Labute approximate surface area is 178 Å². The summed E-state index contributed by atoms with van der Waals surface area (Å²) in [5, 5.41) is 3.07. The highest BCUT2D eigenvalue weighted by Gasteiger charge is 2.05. The zero-order valence-corrected chi connectivity index (χ0v) is 18.4. The Morgan fingerprint density at radius 3 is 2.67 bits per heavy atom. The SMILES string of the molecule is COCCCOc1cc(C)ccc1CN=C(N)Nc1cccc(OC)c1.I. The first kappa shape index (κ1) is 23.0. The molecule has 0 heterocycles. The molecule has 0 aliphatic carbocycles. The lowest BCUT2D eigenvalue weighted by Crippen LogP contribution is -2.22. The second-order valence-electron chi connectivity index (χ2n) is 5.86. The van der Waals surface area contributed by atoms with Crippen molar-refractivity contribution in [1.29, 1.82) is 0 Å². The van der Waals surface area contributed by atoms with Crippen LogP contribution in [0, 0.1) is 6.92 Å². The predicted molar refractivity (Wildman–Crippen MR) is 121 cm³/mol. The van der Waals surface area contributed by atoms with Crippen LogP contribution in [0.3, 0.4) is 0 Å². The number of nitrogens with one attached hydrogen (secondary N) is 1. The normalized spacial score (nSPS) is 10.9. The van der Waals surface area contributed by atoms with E-state index in [1.807, 2.05) is 49.4 Å². The molecule has 27 heavy (non-hydrogen) atoms. The maximum Gasteiger partial charge on any atom is 0.193 e. The van der Waals surface area contributed by atoms with Crippen LogP contribution in [0.4, 0.5) is 5.69 Å². The van der Waals surface area contributed by atoms with Gasteiger partial charge in [0.15, 0.2) is 5.96 Å². The lowest BCUT2D eigenvalue weighted by atomic mass is 10.1. The summed E-state index contributed by atoms with van der Waals surface area (Å²) in [7, 11) is 3.31.